The molecule has 0 bridgehead atoms. The molecule has 1 amide bonds. The normalized spacial score (nSPS) is 10.5. The molecule has 0 N–H and O–H groups in total. The maximum absolute atomic E-state index is 12.3. The molecular weight excluding hydrogens is 412 g/mol. The molecule has 0 aliphatic carbocycles. The zero-order valence-electron chi connectivity index (χ0n) is 17.8. The Morgan fingerprint density at radius 3 is 2.45 bits per heavy atom. The van der Waals surface area contributed by atoms with Crippen molar-refractivity contribution in [2.24, 2.45) is 0 Å². The van der Waals surface area contributed by atoms with Crippen LogP contribution in [-0.2, 0) is 20.9 Å². The van der Waals surface area contributed by atoms with E-state index < -0.39 is 5.97 Å². The number of carbonyl (C=O) groups excluding carboxylic acids is 3. The van der Waals surface area contributed by atoms with Crippen molar-refractivity contribution in [1.82, 2.24) is 4.98 Å². The van der Waals surface area contributed by atoms with Gasteiger partial charge in [-0.25, -0.2) is 4.98 Å². The van der Waals surface area contributed by atoms with E-state index in [-0.39, 0.29) is 31.1 Å². The lowest BCUT2D eigenvalue weighted by Crippen LogP contribution is -2.23. The number of aryl methyl sites for hydroxylation is 1. The van der Waals surface area contributed by atoms with Gasteiger partial charge in [0.1, 0.15) is 6.61 Å². The molecule has 2 aromatic carbocycles. The standard InChI is InChI=1S/C24H24N2O4S/c1-16-8-7-11-21(17(16)2)26(18(3)27)24-25-20(15-31-24)14-30-23(29)13-12-22(28)19-9-5-4-6-10-19/h4-11,15H,12-14H2,1-3H3. The van der Waals surface area contributed by atoms with E-state index in [0.717, 1.165) is 16.8 Å². The van der Waals surface area contributed by atoms with Crippen LogP contribution in [0.15, 0.2) is 53.9 Å². The number of rotatable bonds is 8. The number of ketones is 1. The van der Waals surface area contributed by atoms with E-state index in [1.54, 1.807) is 34.5 Å². The van der Waals surface area contributed by atoms with Gasteiger partial charge in [-0.1, -0.05) is 42.5 Å². The minimum absolute atomic E-state index is 0.00654. The summed E-state index contributed by atoms with van der Waals surface area (Å²) < 4.78 is 5.27. The van der Waals surface area contributed by atoms with Gasteiger partial charge >= 0.3 is 5.97 Å². The summed E-state index contributed by atoms with van der Waals surface area (Å²) in [7, 11) is 0. The number of esters is 1. The molecule has 0 unspecified atom stereocenters. The van der Waals surface area contributed by atoms with Crippen LogP contribution in [0.1, 0.15) is 46.9 Å². The molecule has 31 heavy (non-hydrogen) atoms. The monoisotopic (exact) mass is 436 g/mol. The van der Waals surface area contributed by atoms with Crippen LogP contribution in [0.4, 0.5) is 10.8 Å². The SMILES string of the molecule is CC(=O)N(c1nc(COC(=O)CCC(=O)c2ccccc2)cs1)c1cccc(C)c1C. The number of ether oxygens (including phenoxy) is 1. The van der Waals surface area contributed by atoms with Crippen molar-refractivity contribution in [2.75, 3.05) is 4.90 Å². The number of thiazole rings is 1. The number of benzene rings is 2. The van der Waals surface area contributed by atoms with Crippen molar-refractivity contribution in [3.05, 3.63) is 76.3 Å². The van der Waals surface area contributed by atoms with Gasteiger partial charge in [0.2, 0.25) is 5.91 Å². The summed E-state index contributed by atoms with van der Waals surface area (Å²) in [6.45, 7) is 5.44. The van der Waals surface area contributed by atoms with Crippen molar-refractivity contribution in [3.8, 4) is 0 Å². The van der Waals surface area contributed by atoms with Crippen molar-refractivity contribution in [2.45, 2.75) is 40.2 Å². The van der Waals surface area contributed by atoms with Gasteiger partial charge in [0, 0.05) is 24.3 Å². The van der Waals surface area contributed by atoms with Crippen LogP contribution in [0, 0.1) is 13.8 Å². The number of hydrogen-bond acceptors (Lipinski definition) is 6. The highest BCUT2D eigenvalue weighted by atomic mass is 32.1. The molecule has 160 valence electrons. The summed E-state index contributed by atoms with van der Waals surface area (Å²) >= 11 is 1.31. The van der Waals surface area contributed by atoms with Crippen LogP contribution in [0.3, 0.4) is 0 Å². The zero-order valence-corrected chi connectivity index (χ0v) is 18.6. The fourth-order valence-corrected chi connectivity index (χ4v) is 3.93. The Morgan fingerprint density at radius 2 is 1.74 bits per heavy atom. The highest BCUT2D eigenvalue weighted by Gasteiger charge is 2.20. The molecule has 3 rings (SSSR count). The largest absolute Gasteiger partial charge is 0.459 e. The third kappa shape index (κ3) is 5.64. The lowest BCUT2D eigenvalue weighted by atomic mass is 10.1. The highest BCUT2D eigenvalue weighted by molar-refractivity contribution is 7.14. The highest BCUT2D eigenvalue weighted by Crippen LogP contribution is 2.32. The van der Waals surface area contributed by atoms with Crippen molar-refractivity contribution in [3.63, 3.8) is 0 Å². The maximum atomic E-state index is 12.3. The molecule has 3 aromatic rings. The topological polar surface area (TPSA) is 76.6 Å². The molecule has 7 heteroatoms. The summed E-state index contributed by atoms with van der Waals surface area (Å²) in [4.78, 5) is 42.5. The third-order valence-electron chi connectivity index (χ3n) is 4.90. The molecule has 0 radical (unpaired) electrons. The van der Waals surface area contributed by atoms with Gasteiger partial charge < -0.3 is 4.74 Å². The minimum Gasteiger partial charge on any atom is -0.459 e. The summed E-state index contributed by atoms with van der Waals surface area (Å²) in [5.74, 6) is -0.707. The smallest absolute Gasteiger partial charge is 0.306 e. The Labute approximate surface area is 185 Å². The summed E-state index contributed by atoms with van der Waals surface area (Å²) in [5.41, 5.74) is 4.00. The third-order valence-corrected chi connectivity index (χ3v) is 5.77. The lowest BCUT2D eigenvalue weighted by molar-refractivity contribution is -0.145. The second-order valence-corrected chi connectivity index (χ2v) is 7.98. The maximum Gasteiger partial charge on any atom is 0.306 e. The van der Waals surface area contributed by atoms with Crippen LogP contribution < -0.4 is 4.90 Å². The summed E-state index contributed by atoms with van der Waals surface area (Å²) in [5, 5.41) is 2.28. The summed E-state index contributed by atoms with van der Waals surface area (Å²) in [6.07, 6.45) is 0.0999. The van der Waals surface area contributed by atoms with Crippen LogP contribution in [0.25, 0.3) is 0 Å². The zero-order chi connectivity index (χ0) is 22.4. The second kappa shape index (κ2) is 10.1. The molecule has 1 aromatic heterocycles. The number of nitrogens with zero attached hydrogens (tertiary/aromatic N) is 2. The van der Waals surface area contributed by atoms with Crippen molar-refractivity contribution in [1.29, 1.82) is 0 Å². The number of carbonyl (C=O) groups is 3. The van der Waals surface area contributed by atoms with Gasteiger partial charge in [0.05, 0.1) is 17.8 Å². The van der Waals surface area contributed by atoms with Crippen LogP contribution in [-0.4, -0.2) is 22.6 Å². The van der Waals surface area contributed by atoms with Gasteiger partial charge in [-0.3, -0.25) is 19.3 Å². The predicted molar refractivity (Wildman–Crippen MR) is 121 cm³/mol. The number of aromatic nitrogens is 1. The first-order chi connectivity index (χ1) is 14.9. The van der Waals surface area contributed by atoms with Crippen LogP contribution in [0.5, 0.6) is 0 Å². The van der Waals surface area contributed by atoms with Crippen LogP contribution >= 0.6 is 11.3 Å². The number of hydrogen-bond donors (Lipinski definition) is 0. The molecule has 0 saturated carbocycles. The Balaban J connectivity index is 1.60. The lowest BCUT2D eigenvalue weighted by Gasteiger charge is -2.21. The number of Topliss-reactive ketones (excluding diaryl/α,β-unsaturated/α-hetero) is 1. The van der Waals surface area contributed by atoms with Gasteiger partial charge in [-0.05, 0) is 31.0 Å². The van der Waals surface area contributed by atoms with Crippen LogP contribution in [0.2, 0.25) is 0 Å². The Hall–Kier alpha value is -3.32. The van der Waals surface area contributed by atoms with E-state index in [1.807, 2.05) is 38.1 Å². The van der Waals surface area contributed by atoms with E-state index in [0.29, 0.717) is 16.4 Å². The average Bonchev–Trinajstić information content (AvgIpc) is 3.22. The van der Waals surface area contributed by atoms with E-state index >= 15 is 0 Å². The molecule has 0 atom stereocenters. The molecule has 0 fully saturated rings. The average molecular weight is 437 g/mol. The minimum atomic E-state index is -0.461. The van der Waals surface area contributed by atoms with Gasteiger partial charge in [-0.2, -0.15) is 0 Å². The first kappa shape index (κ1) is 22.4. The molecule has 1 heterocycles. The number of anilines is 2. The van der Waals surface area contributed by atoms with Gasteiger partial charge in [-0.15, -0.1) is 11.3 Å². The first-order valence-electron chi connectivity index (χ1n) is 9.92. The van der Waals surface area contributed by atoms with E-state index in [4.69, 9.17) is 4.74 Å². The quantitative estimate of drug-likeness (QED) is 0.360. The molecule has 0 aliphatic heterocycles. The van der Waals surface area contributed by atoms with Crippen molar-refractivity contribution >= 4 is 39.8 Å². The summed E-state index contributed by atoms with van der Waals surface area (Å²) in [6, 6.07) is 14.6. The van der Waals surface area contributed by atoms with Gasteiger partial charge in [0.25, 0.3) is 0 Å². The predicted octanol–water partition coefficient (Wildman–Crippen LogP) is 5.15. The first-order valence-corrected chi connectivity index (χ1v) is 10.8. The Kier molecular flexibility index (Phi) is 7.31. The fraction of sp³-hybridized carbons (Fsp3) is 0.250. The van der Waals surface area contributed by atoms with Crippen molar-refractivity contribution < 1.29 is 19.1 Å². The molecule has 6 nitrogen and oxygen atoms in total. The number of amides is 1. The van der Waals surface area contributed by atoms with E-state index in [2.05, 4.69) is 4.98 Å². The molecule has 0 saturated heterocycles. The fourth-order valence-electron chi connectivity index (χ4n) is 3.06. The van der Waals surface area contributed by atoms with E-state index in [1.165, 1.54) is 18.3 Å². The molecular formula is C24H24N2O4S. The molecule has 0 aliphatic rings. The second-order valence-electron chi connectivity index (χ2n) is 7.14. The Morgan fingerprint density at radius 1 is 1.00 bits per heavy atom. The Bertz CT molecular complexity index is 1090. The van der Waals surface area contributed by atoms with E-state index in [9.17, 15) is 14.4 Å². The van der Waals surface area contributed by atoms with Gasteiger partial charge in [0.15, 0.2) is 10.9 Å². The molecule has 0 spiro atoms.